The Morgan fingerprint density at radius 2 is 0.603 bits per heavy atom. The highest BCUT2D eigenvalue weighted by atomic mass is 16.6. The molecule has 0 heterocycles. The third-order valence-corrected chi connectivity index (χ3v) is 13.3. The SMILES string of the molecule is CCCCCCCCCCCCCCCCCCCC(=O)O[C@@H](COC(=O)CCCCCCCCCCCCCCCCCC(C)C)COC(=O)CCCCCCCCC(C)CC. The van der Waals surface area contributed by atoms with Gasteiger partial charge in [-0.15, -0.1) is 0 Å². The van der Waals surface area contributed by atoms with Gasteiger partial charge in [-0.25, -0.2) is 0 Å². The quantitative estimate of drug-likeness (QED) is 0.0344. The van der Waals surface area contributed by atoms with Crippen molar-refractivity contribution >= 4 is 17.9 Å². The fourth-order valence-corrected chi connectivity index (χ4v) is 8.66. The minimum Gasteiger partial charge on any atom is -0.462 e. The lowest BCUT2D eigenvalue weighted by molar-refractivity contribution is -0.167. The predicted octanol–water partition coefficient (Wildman–Crippen LogP) is 18.5. The van der Waals surface area contributed by atoms with Crippen molar-refractivity contribution in [3.05, 3.63) is 0 Å². The highest BCUT2D eigenvalue weighted by Crippen LogP contribution is 2.18. The van der Waals surface area contributed by atoms with Crippen molar-refractivity contribution in [2.75, 3.05) is 13.2 Å². The predicted molar refractivity (Wildman–Crippen MR) is 270 cm³/mol. The third kappa shape index (κ3) is 49.7. The van der Waals surface area contributed by atoms with E-state index in [9.17, 15) is 14.4 Å². The molecule has 0 bridgehead atoms. The molecular weight excluding hydrogens is 781 g/mol. The highest BCUT2D eigenvalue weighted by molar-refractivity contribution is 5.71. The molecule has 0 aliphatic heterocycles. The Labute approximate surface area is 393 Å². The van der Waals surface area contributed by atoms with Crippen LogP contribution in [0.3, 0.4) is 0 Å². The maximum Gasteiger partial charge on any atom is 0.306 e. The van der Waals surface area contributed by atoms with Crippen LogP contribution in [0.5, 0.6) is 0 Å². The monoisotopic (exact) mass is 891 g/mol. The Morgan fingerprint density at radius 3 is 0.905 bits per heavy atom. The van der Waals surface area contributed by atoms with Crippen LogP contribution in [-0.2, 0) is 28.6 Å². The topological polar surface area (TPSA) is 78.9 Å². The first kappa shape index (κ1) is 61.4. The fourth-order valence-electron chi connectivity index (χ4n) is 8.66. The van der Waals surface area contributed by atoms with E-state index in [1.54, 1.807) is 0 Å². The van der Waals surface area contributed by atoms with Crippen LogP contribution in [0.2, 0.25) is 0 Å². The summed E-state index contributed by atoms with van der Waals surface area (Å²) in [4.78, 5) is 38.0. The molecule has 0 saturated heterocycles. The molecule has 0 saturated carbocycles. The molecule has 0 aromatic rings. The van der Waals surface area contributed by atoms with Crippen LogP contribution in [0.4, 0.5) is 0 Å². The van der Waals surface area contributed by atoms with Gasteiger partial charge in [0.15, 0.2) is 6.10 Å². The Morgan fingerprint density at radius 1 is 0.333 bits per heavy atom. The first-order valence-corrected chi connectivity index (χ1v) is 28.3. The van der Waals surface area contributed by atoms with E-state index >= 15 is 0 Å². The molecule has 0 aliphatic rings. The zero-order chi connectivity index (χ0) is 46.1. The van der Waals surface area contributed by atoms with E-state index in [-0.39, 0.29) is 31.1 Å². The standard InChI is InChI=1S/C57H110O6/c1-6-8-9-10-11-12-13-14-15-16-19-23-26-29-32-39-44-49-57(60)63-54(51-62-56(59)48-43-38-34-33-36-41-46-53(5)7-2)50-61-55(58)47-42-37-31-28-25-22-20-17-18-21-24-27-30-35-40-45-52(3)4/h52-54H,6-51H2,1-5H3/t53?,54-/m0/s1. The highest BCUT2D eigenvalue weighted by Gasteiger charge is 2.19. The van der Waals surface area contributed by atoms with Crippen molar-refractivity contribution in [2.45, 2.75) is 323 Å². The molecule has 63 heavy (non-hydrogen) atoms. The molecule has 0 fully saturated rings. The van der Waals surface area contributed by atoms with E-state index in [1.807, 2.05) is 0 Å². The van der Waals surface area contributed by atoms with Crippen molar-refractivity contribution in [3.8, 4) is 0 Å². The second-order valence-electron chi connectivity index (χ2n) is 20.3. The van der Waals surface area contributed by atoms with Gasteiger partial charge in [0.1, 0.15) is 13.2 Å². The molecule has 6 nitrogen and oxygen atoms in total. The van der Waals surface area contributed by atoms with E-state index in [4.69, 9.17) is 14.2 Å². The van der Waals surface area contributed by atoms with Crippen LogP contribution in [0.25, 0.3) is 0 Å². The van der Waals surface area contributed by atoms with E-state index in [0.717, 1.165) is 69.6 Å². The number of hydrogen-bond donors (Lipinski definition) is 0. The van der Waals surface area contributed by atoms with Crippen molar-refractivity contribution in [1.82, 2.24) is 0 Å². The molecule has 0 aromatic carbocycles. The summed E-state index contributed by atoms with van der Waals surface area (Å²) in [6.45, 7) is 11.4. The van der Waals surface area contributed by atoms with Crippen molar-refractivity contribution < 1.29 is 28.6 Å². The maximum atomic E-state index is 12.8. The number of hydrogen-bond acceptors (Lipinski definition) is 6. The Balaban J connectivity index is 4.25. The zero-order valence-electron chi connectivity index (χ0n) is 43.2. The molecule has 0 radical (unpaired) electrons. The summed E-state index contributed by atoms with van der Waals surface area (Å²) in [5.74, 6) is 0.819. The van der Waals surface area contributed by atoms with E-state index in [0.29, 0.717) is 19.3 Å². The summed E-state index contributed by atoms with van der Waals surface area (Å²) in [6, 6.07) is 0. The van der Waals surface area contributed by atoms with Crippen LogP contribution in [0.1, 0.15) is 317 Å². The van der Waals surface area contributed by atoms with Gasteiger partial charge in [0.2, 0.25) is 0 Å². The fraction of sp³-hybridized carbons (Fsp3) is 0.947. The van der Waals surface area contributed by atoms with E-state index in [2.05, 4.69) is 34.6 Å². The summed E-state index contributed by atoms with van der Waals surface area (Å²) in [5.41, 5.74) is 0. The second-order valence-corrected chi connectivity index (χ2v) is 20.3. The summed E-state index contributed by atoms with van der Waals surface area (Å²) < 4.78 is 16.9. The number of ether oxygens (including phenoxy) is 3. The van der Waals surface area contributed by atoms with Gasteiger partial charge in [-0.05, 0) is 31.1 Å². The molecule has 0 amide bonds. The minimum atomic E-state index is -0.763. The Kier molecular flexibility index (Phi) is 48.6. The lowest BCUT2D eigenvalue weighted by Gasteiger charge is -2.18. The van der Waals surface area contributed by atoms with Gasteiger partial charge in [0, 0.05) is 19.3 Å². The van der Waals surface area contributed by atoms with Gasteiger partial charge >= 0.3 is 17.9 Å². The van der Waals surface area contributed by atoms with Crippen molar-refractivity contribution in [1.29, 1.82) is 0 Å². The van der Waals surface area contributed by atoms with Gasteiger partial charge in [0.25, 0.3) is 0 Å². The molecular formula is C57H110O6. The number of rotatable bonds is 51. The molecule has 0 rings (SSSR count). The lowest BCUT2D eigenvalue weighted by atomic mass is 10.00. The average molecular weight is 892 g/mol. The smallest absolute Gasteiger partial charge is 0.306 e. The average Bonchev–Trinajstić information content (AvgIpc) is 3.27. The number of carbonyl (C=O) groups is 3. The molecule has 0 aliphatic carbocycles. The maximum absolute atomic E-state index is 12.8. The van der Waals surface area contributed by atoms with Crippen LogP contribution >= 0.6 is 0 Å². The number of unbranched alkanes of at least 4 members (excludes halogenated alkanes) is 35. The van der Waals surface area contributed by atoms with Crippen LogP contribution in [0, 0.1) is 11.8 Å². The minimum absolute atomic E-state index is 0.0636. The zero-order valence-corrected chi connectivity index (χ0v) is 43.2. The van der Waals surface area contributed by atoms with Gasteiger partial charge < -0.3 is 14.2 Å². The normalized spacial score (nSPS) is 12.5. The molecule has 374 valence electrons. The third-order valence-electron chi connectivity index (χ3n) is 13.3. The van der Waals surface area contributed by atoms with Gasteiger partial charge in [-0.2, -0.15) is 0 Å². The van der Waals surface area contributed by atoms with Gasteiger partial charge in [-0.3, -0.25) is 14.4 Å². The summed E-state index contributed by atoms with van der Waals surface area (Å²) >= 11 is 0. The van der Waals surface area contributed by atoms with E-state index in [1.165, 1.54) is 205 Å². The van der Waals surface area contributed by atoms with Gasteiger partial charge in [-0.1, -0.05) is 279 Å². The molecule has 0 spiro atoms. The first-order chi connectivity index (χ1) is 30.8. The largest absolute Gasteiger partial charge is 0.462 e. The number of esters is 3. The van der Waals surface area contributed by atoms with Gasteiger partial charge in [0.05, 0.1) is 0 Å². The van der Waals surface area contributed by atoms with Crippen LogP contribution in [-0.4, -0.2) is 37.2 Å². The molecule has 6 heteroatoms. The van der Waals surface area contributed by atoms with Crippen LogP contribution < -0.4 is 0 Å². The molecule has 0 N–H and O–H groups in total. The molecule has 2 atom stereocenters. The number of carbonyl (C=O) groups excluding carboxylic acids is 3. The summed E-state index contributed by atoms with van der Waals surface area (Å²) in [6.07, 6.45) is 52.4. The second kappa shape index (κ2) is 49.8. The first-order valence-electron chi connectivity index (χ1n) is 28.3. The summed E-state index contributed by atoms with van der Waals surface area (Å²) in [7, 11) is 0. The van der Waals surface area contributed by atoms with Crippen LogP contribution in [0.15, 0.2) is 0 Å². The Hall–Kier alpha value is -1.59. The molecule has 1 unspecified atom stereocenters. The van der Waals surface area contributed by atoms with Crippen molar-refractivity contribution in [2.24, 2.45) is 11.8 Å². The van der Waals surface area contributed by atoms with E-state index < -0.39 is 6.10 Å². The summed E-state index contributed by atoms with van der Waals surface area (Å²) in [5, 5.41) is 0. The lowest BCUT2D eigenvalue weighted by Crippen LogP contribution is -2.30. The Bertz CT molecular complexity index is 964. The van der Waals surface area contributed by atoms with Crippen molar-refractivity contribution in [3.63, 3.8) is 0 Å². The molecule has 0 aromatic heterocycles.